The lowest BCUT2D eigenvalue weighted by molar-refractivity contribution is 0.0346. The van der Waals surface area contributed by atoms with Crippen LogP contribution in [0.3, 0.4) is 0 Å². The predicted molar refractivity (Wildman–Crippen MR) is 257 cm³/mol. The number of benzene rings is 2. The summed E-state index contributed by atoms with van der Waals surface area (Å²) in [4.78, 5) is 35.5. The molecule has 60 heavy (non-hydrogen) atoms. The zero-order valence-electron chi connectivity index (χ0n) is 32.2. The van der Waals surface area contributed by atoms with E-state index in [0.717, 1.165) is 107 Å². The molecule has 0 spiro atoms. The Labute approximate surface area is 380 Å². The molecule has 1 amide bonds. The molecule has 6 aromatic rings. The second-order valence-corrected chi connectivity index (χ2v) is 18.1. The first kappa shape index (κ1) is 47.5. The maximum atomic E-state index is 13.0. The van der Waals surface area contributed by atoms with Gasteiger partial charge in [-0.2, -0.15) is 0 Å². The molecule has 2 saturated heterocycles. The van der Waals surface area contributed by atoms with E-state index >= 15 is 0 Å². The van der Waals surface area contributed by atoms with Gasteiger partial charge in [0.05, 0.1) is 36.3 Å². The van der Waals surface area contributed by atoms with Gasteiger partial charge >= 0.3 is 0 Å². The number of aromatic nitrogens is 2. The first-order valence-corrected chi connectivity index (χ1v) is 22.1. The number of carbonyl (C=O) groups excluding carboxylic acids is 1. The minimum atomic E-state index is -0.372. The van der Waals surface area contributed by atoms with Crippen LogP contribution in [-0.2, 0) is 49.7 Å². The number of pyridine rings is 2. The molecule has 2 aliphatic heterocycles. The van der Waals surface area contributed by atoms with E-state index in [1.54, 1.807) is 41.0 Å². The highest BCUT2D eigenvalue weighted by Crippen LogP contribution is 2.30. The smallest absolute Gasteiger partial charge is 0.257 e. The molecule has 8 rings (SSSR count). The Morgan fingerprint density at radius 3 is 1.63 bits per heavy atom. The third-order valence-corrected chi connectivity index (χ3v) is 13.7. The van der Waals surface area contributed by atoms with Crippen LogP contribution in [0.4, 0.5) is 0 Å². The highest BCUT2D eigenvalue weighted by atomic mass is 35.5. The average molecular weight is 928 g/mol. The molecule has 0 unspecified atom stereocenters. The predicted octanol–water partition coefficient (Wildman–Crippen LogP) is 9.21. The normalized spacial score (nSPS) is 14.5. The number of morpholine rings is 2. The molecule has 0 atom stereocenters. The van der Waals surface area contributed by atoms with Gasteiger partial charge in [-0.25, -0.2) is 0 Å². The maximum absolute atomic E-state index is 13.0. The topological polar surface area (TPSA) is 93.0 Å². The van der Waals surface area contributed by atoms with Gasteiger partial charge in [-0.15, -0.1) is 22.7 Å². The Morgan fingerprint density at radius 2 is 1.13 bits per heavy atom. The van der Waals surface area contributed by atoms with Crippen molar-refractivity contribution < 1.29 is 14.3 Å². The van der Waals surface area contributed by atoms with E-state index in [1.807, 2.05) is 60.3 Å². The number of fused-ring (bicyclic) bond motifs is 2. The van der Waals surface area contributed by atoms with Gasteiger partial charge in [0, 0.05) is 110 Å². The number of thiophene rings is 2. The first-order chi connectivity index (χ1) is 28.0. The maximum Gasteiger partial charge on any atom is 0.257 e. The summed E-state index contributed by atoms with van der Waals surface area (Å²) in [6, 6.07) is 19.1. The van der Waals surface area contributed by atoms with Crippen molar-refractivity contribution in [2.45, 2.75) is 41.0 Å². The number of ether oxygens (including phenoxy) is 2. The molecule has 2 N–H and O–H groups in total. The fourth-order valence-corrected chi connectivity index (χ4v) is 10.0. The van der Waals surface area contributed by atoms with Gasteiger partial charge in [0.1, 0.15) is 20.2 Å². The van der Waals surface area contributed by atoms with Gasteiger partial charge in [0.25, 0.3) is 5.91 Å². The summed E-state index contributed by atoms with van der Waals surface area (Å²) in [5.74, 6) is -0.372. The number of nitrogens with zero attached hydrogens (tertiary/aromatic N) is 4. The molecule has 2 aliphatic rings. The van der Waals surface area contributed by atoms with Crippen molar-refractivity contribution in [2.24, 2.45) is 14.1 Å². The van der Waals surface area contributed by atoms with E-state index in [-0.39, 0.29) is 31.8 Å². The lowest BCUT2D eigenvalue weighted by Gasteiger charge is -2.25. The third kappa shape index (κ3) is 11.9. The molecular weight excluding hydrogens is 876 g/mol. The first-order valence-electron chi connectivity index (χ1n) is 18.9. The van der Waals surface area contributed by atoms with E-state index in [1.165, 1.54) is 9.71 Å². The summed E-state index contributed by atoms with van der Waals surface area (Å²) >= 11 is 26.7. The Bertz CT molecular complexity index is 2350. The molecule has 320 valence electrons. The number of aryl methyl sites for hydroxylation is 2. The van der Waals surface area contributed by atoms with Crippen LogP contribution in [0.1, 0.15) is 51.7 Å². The van der Waals surface area contributed by atoms with Crippen LogP contribution >= 0.6 is 70.3 Å². The van der Waals surface area contributed by atoms with Crippen LogP contribution in [-0.4, -0.2) is 82.4 Å². The number of hydrogen-bond acceptors (Lipinski definition) is 10. The van der Waals surface area contributed by atoms with Crippen molar-refractivity contribution in [3.63, 3.8) is 0 Å². The quantitative estimate of drug-likeness (QED) is 0.131. The number of rotatable bonds is 10. The molecule has 16 heteroatoms. The molecule has 0 saturated carbocycles. The number of carbonyl (C=O) groups is 1. The lowest BCUT2D eigenvalue weighted by atomic mass is 10.2. The van der Waals surface area contributed by atoms with Crippen LogP contribution in [0.2, 0.25) is 10.0 Å². The summed E-state index contributed by atoms with van der Waals surface area (Å²) in [6.45, 7) is 9.54. The Morgan fingerprint density at radius 1 is 0.700 bits per heavy atom. The average Bonchev–Trinajstić information content (AvgIpc) is 3.87. The van der Waals surface area contributed by atoms with E-state index in [2.05, 4.69) is 38.1 Å². The highest BCUT2D eigenvalue weighted by Gasteiger charge is 2.19. The van der Waals surface area contributed by atoms with Crippen LogP contribution in [0.15, 0.2) is 77.9 Å². The van der Waals surface area contributed by atoms with Gasteiger partial charge in [0.2, 0.25) is 5.43 Å². The number of amides is 1. The Balaban J connectivity index is 0.000000220. The van der Waals surface area contributed by atoms with Crippen LogP contribution in [0.25, 0.3) is 20.4 Å². The molecule has 0 radical (unpaired) electrons. The minimum absolute atomic E-state index is 0. The largest absolute Gasteiger partial charge is 0.379 e. The minimum Gasteiger partial charge on any atom is -0.379 e. The molecule has 2 aromatic carbocycles. The monoisotopic (exact) mass is 926 g/mol. The molecule has 6 heterocycles. The second kappa shape index (κ2) is 22.0. The van der Waals surface area contributed by atoms with Crippen LogP contribution in [0.5, 0.6) is 0 Å². The summed E-state index contributed by atoms with van der Waals surface area (Å²) < 4.78 is 15.7. The van der Waals surface area contributed by atoms with Gasteiger partial charge in [-0.1, -0.05) is 86.8 Å². The summed E-state index contributed by atoms with van der Waals surface area (Å²) in [5.41, 5.74) is 2.87. The zero-order valence-corrected chi connectivity index (χ0v) is 37.0. The van der Waals surface area contributed by atoms with E-state index in [0.29, 0.717) is 28.5 Å². The molecular formula is C44H52Cl2N6O4S4. The van der Waals surface area contributed by atoms with Crippen molar-refractivity contribution in [1.82, 2.24) is 29.6 Å². The molecule has 10 nitrogen and oxygen atoms in total. The molecule has 4 aromatic heterocycles. The van der Waals surface area contributed by atoms with E-state index in [4.69, 9.17) is 57.1 Å². The standard InChI is InChI=1S/C21H22ClN3O3S.C21H22ClN3OS3.2CH4/c1-24-13-18(20(27)23-11-14-2-4-15(22)5-3-14)19(26)17-10-16(29-21(17)24)12-25-6-8-28-9-7-25;1-24-13-18(20(28)23-11-14-2-4-15(22)5-3-14)19(27)17-10-16(29-21(17)24)12-25-6-8-26-9-7-25;;/h2-5,10,13H,6-9,11-12H2,1H3,(H,23,27);2-5,10,13H,6-9,11-12H2,1H3,(H,23,28);2*1H4. The van der Waals surface area contributed by atoms with E-state index in [9.17, 15) is 9.59 Å². The number of nitrogens with one attached hydrogen (secondary N) is 2. The SMILES string of the molecule is C.C.Cn1cc(C(=O)NCc2ccc(Cl)cc2)c(=O)c2cc(CN3CCOCC3)sc21.Cn1cc(C(=S)NCc2ccc(Cl)cc2)c(=S)c2cc(CN3CCOCC3)sc21. The molecule has 2 fully saturated rings. The summed E-state index contributed by atoms with van der Waals surface area (Å²) in [5, 5.41) is 9.23. The number of thiocarbonyl (C=S) groups is 1. The van der Waals surface area contributed by atoms with Crippen LogP contribution in [0, 0.1) is 4.51 Å². The Kier molecular flexibility index (Phi) is 17.4. The van der Waals surface area contributed by atoms with Crippen molar-refractivity contribution in [1.29, 1.82) is 0 Å². The zero-order chi connectivity index (χ0) is 40.8. The summed E-state index contributed by atoms with van der Waals surface area (Å²) in [6.07, 6.45) is 3.66. The van der Waals surface area contributed by atoms with Crippen LogP contribution < -0.4 is 16.1 Å². The van der Waals surface area contributed by atoms with Gasteiger partial charge in [-0.05, 0) is 47.5 Å². The van der Waals surface area contributed by atoms with Crippen molar-refractivity contribution in [3.8, 4) is 0 Å². The fourth-order valence-electron chi connectivity index (χ4n) is 6.82. The molecule has 0 bridgehead atoms. The lowest BCUT2D eigenvalue weighted by Crippen LogP contribution is -2.35. The number of hydrogen-bond donors (Lipinski definition) is 2. The van der Waals surface area contributed by atoms with Gasteiger partial charge in [0.15, 0.2) is 0 Å². The van der Waals surface area contributed by atoms with E-state index < -0.39 is 0 Å². The number of halogens is 2. The summed E-state index contributed by atoms with van der Waals surface area (Å²) in [7, 11) is 3.92. The van der Waals surface area contributed by atoms with Crippen molar-refractivity contribution in [3.05, 3.63) is 130 Å². The van der Waals surface area contributed by atoms with Crippen molar-refractivity contribution >= 4 is 102 Å². The van der Waals surface area contributed by atoms with Gasteiger partial charge < -0.3 is 29.2 Å². The van der Waals surface area contributed by atoms with Gasteiger partial charge in [-0.3, -0.25) is 19.4 Å². The third-order valence-electron chi connectivity index (χ3n) is 9.98. The fraction of sp³-hybridized carbons (Fsp3) is 0.364. The highest BCUT2D eigenvalue weighted by molar-refractivity contribution is 7.80. The van der Waals surface area contributed by atoms with Crippen molar-refractivity contribution in [2.75, 3.05) is 52.6 Å². The Hall–Kier alpha value is -3.54. The molecule has 0 aliphatic carbocycles. The second-order valence-electron chi connectivity index (χ2n) is 14.2.